The van der Waals surface area contributed by atoms with E-state index in [9.17, 15) is 9.59 Å². The van der Waals surface area contributed by atoms with Crippen molar-refractivity contribution in [2.45, 2.75) is 44.0 Å². The van der Waals surface area contributed by atoms with Gasteiger partial charge in [-0.25, -0.2) is 9.59 Å². The number of carbonyl (C=O) groups excluding carboxylic acids is 2. The maximum Gasteiger partial charge on any atom is 0.330 e. The Balaban J connectivity index is 1.43. The molecule has 1 aromatic rings. The second kappa shape index (κ2) is 16.0. The van der Waals surface area contributed by atoms with Crippen molar-refractivity contribution in [1.29, 1.82) is 0 Å². The molecule has 0 N–H and O–H groups in total. The van der Waals surface area contributed by atoms with Crippen LogP contribution in [0.4, 0.5) is 0 Å². The van der Waals surface area contributed by atoms with Crippen molar-refractivity contribution in [3.05, 3.63) is 60.7 Å². The van der Waals surface area contributed by atoms with Gasteiger partial charge in [-0.15, -0.1) is 47.0 Å². The number of benzene rings is 1. The van der Waals surface area contributed by atoms with Gasteiger partial charge in [0.1, 0.15) is 13.2 Å². The third kappa shape index (κ3) is 9.80. The van der Waals surface area contributed by atoms with Crippen LogP contribution in [0.15, 0.2) is 49.6 Å². The maximum absolute atomic E-state index is 11.3. The topological polar surface area (TPSA) is 52.6 Å². The van der Waals surface area contributed by atoms with E-state index in [0.29, 0.717) is 43.4 Å². The smallest absolute Gasteiger partial charge is 0.330 e. The van der Waals surface area contributed by atoms with Gasteiger partial charge in [-0.2, -0.15) is 23.5 Å². The number of rotatable bonds is 14. The van der Waals surface area contributed by atoms with Gasteiger partial charge < -0.3 is 9.47 Å². The second-order valence-electron chi connectivity index (χ2n) is 8.29. The van der Waals surface area contributed by atoms with Crippen molar-refractivity contribution >= 4 is 82.5 Å². The molecule has 1 aromatic carbocycles. The Morgan fingerprint density at radius 2 is 1.31 bits per heavy atom. The molecule has 2 heterocycles. The predicted molar refractivity (Wildman–Crippen MR) is 166 cm³/mol. The molecule has 2 fully saturated rings. The van der Waals surface area contributed by atoms with Crippen molar-refractivity contribution in [1.82, 2.24) is 0 Å². The van der Waals surface area contributed by atoms with E-state index in [2.05, 4.69) is 51.3 Å². The van der Waals surface area contributed by atoms with Gasteiger partial charge in [-0.1, -0.05) is 37.4 Å². The van der Waals surface area contributed by atoms with Gasteiger partial charge in [-0.05, 0) is 25.0 Å². The maximum atomic E-state index is 11.3. The molecule has 6 unspecified atom stereocenters. The average Bonchev–Trinajstić information content (AvgIpc) is 3.56. The SMILES string of the molecule is C=CC(=O)OCC1CSC(CSC(C)c2ccccc2C(C)SCC2SCC(COC(=O)C=C)S2)S1. The van der Waals surface area contributed by atoms with Crippen molar-refractivity contribution in [3.8, 4) is 0 Å². The third-order valence-corrected chi connectivity index (χ3v) is 15.5. The predicted octanol–water partition coefficient (Wildman–Crippen LogP) is 7.08. The largest absolute Gasteiger partial charge is 0.461 e. The van der Waals surface area contributed by atoms with Gasteiger partial charge >= 0.3 is 11.9 Å². The molecule has 0 amide bonds. The zero-order chi connectivity index (χ0) is 25.9. The average molecular weight is 603 g/mol. The van der Waals surface area contributed by atoms with Gasteiger partial charge in [0.15, 0.2) is 0 Å². The highest BCUT2D eigenvalue weighted by Crippen LogP contribution is 2.45. The van der Waals surface area contributed by atoms with Gasteiger partial charge in [0.05, 0.1) is 9.16 Å². The summed E-state index contributed by atoms with van der Waals surface area (Å²) in [6, 6.07) is 8.85. The Hall–Kier alpha value is -0.260. The first kappa shape index (κ1) is 30.3. The molecule has 36 heavy (non-hydrogen) atoms. The highest BCUT2D eigenvalue weighted by atomic mass is 32.2. The van der Waals surface area contributed by atoms with Crippen LogP contribution in [0.5, 0.6) is 0 Å². The summed E-state index contributed by atoms with van der Waals surface area (Å²) in [5.74, 6) is 3.52. The summed E-state index contributed by atoms with van der Waals surface area (Å²) >= 11 is 11.8. The van der Waals surface area contributed by atoms with Crippen LogP contribution in [0.1, 0.15) is 35.5 Å². The standard InChI is InChI=1S/C26H34O4S6/c1-5-23(27)29-11-19-13-33-25(35-19)15-31-17(3)21-9-7-8-10-22(21)18(4)32-16-26-34-14-20(36-26)12-30-24(28)6-2/h5-10,17-20,25-26H,1-2,11-16H2,3-4H3. The fourth-order valence-corrected chi connectivity index (χ4v) is 13.1. The van der Waals surface area contributed by atoms with Crippen LogP contribution in [-0.2, 0) is 19.1 Å². The van der Waals surface area contributed by atoms with Crippen molar-refractivity contribution < 1.29 is 19.1 Å². The van der Waals surface area contributed by atoms with Crippen LogP contribution in [-0.4, -0.2) is 67.8 Å². The minimum atomic E-state index is -0.338. The molecule has 10 heteroatoms. The molecule has 0 bridgehead atoms. The molecule has 198 valence electrons. The quantitative estimate of drug-likeness (QED) is 0.163. The molecule has 2 aliphatic rings. The zero-order valence-electron chi connectivity index (χ0n) is 20.7. The Kier molecular flexibility index (Phi) is 13.4. The van der Waals surface area contributed by atoms with Crippen LogP contribution in [0.2, 0.25) is 0 Å². The highest BCUT2D eigenvalue weighted by Gasteiger charge is 2.29. The molecule has 0 aliphatic carbocycles. The van der Waals surface area contributed by atoms with E-state index in [4.69, 9.17) is 9.47 Å². The third-order valence-electron chi connectivity index (χ3n) is 5.62. The lowest BCUT2D eigenvalue weighted by Gasteiger charge is -2.22. The summed E-state index contributed by atoms with van der Waals surface area (Å²) < 4.78 is 11.5. The minimum absolute atomic E-state index is 0.338. The van der Waals surface area contributed by atoms with Crippen LogP contribution < -0.4 is 0 Å². The first-order valence-electron chi connectivity index (χ1n) is 11.8. The lowest BCUT2D eigenvalue weighted by molar-refractivity contribution is -0.138. The van der Waals surface area contributed by atoms with Gasteiger partial charge in [0, 0.05) is 56.2 Å². The number of ether oxygens (including phenoxy) is 2. The van der Waals surface area contributed by atoms with E-state index in [1.807, 2.05) is 70.6 Å². The van der Waals surface area contributed by atoms with Crippen molar-refractivity contribution in [2.75, 3.05) is 36.2 Å². The highest BCUT2D eigenvalue weighted by molar-refractivity contribution is 8.22. The first-order valence-corrected chi connectivity index (χ1v) is 17.9. The van der Waals surface area contributed by atoms with Crippen molar-refractivity contribution in [3.63, 3.8) is 0 Å². The number of esters is 2. The van der Waals surface area contributed by atoms with Gasteiger partial charge in [0.25, 0.3) is 0 Å². The fraction of sp³-hybridized carbons (Fsp3) is 0.538. The lowest BCUT2D eigenvalue weighted by Crippen LogP contribution is -2.14. The zero-order valence-corrected chi connectivity index (χ0v) is 25.6. The summed E-state index contributed by atoms with van der Waals surface area (Å²) in [5.41, 5.74) is 2.85. The van der Waals surface area contributed by atoms with E-state index in [-0.39, 0.29) is 11.9 Å². The Bertz CT molecular complexity index is 826. The van der Waals surface area contributed by atoms with Crippen molar-refractivity contribution in [2.24, 2.45) is 0 Å². The van der Waals surface area contributed by atoms with Crippen LogP contribution in [0.25, 0.3) is 0 Å². The fourth-order valence-electron chi connectivity index (χ4n) is 3.71. The molecule has 0 radical (unpaired) electrons. The molecule has 2 aliphatic heterocycles. The van der Waals surface area contributed by atoms with E-state index >= 15 is 0 Å². The number of thioether (sulfide) groups is 6. The Morgan fingerprint density at radius 3 is 1.69 bits per heavy atom. The minimum Gasteiger partial charge on any atom is -0.461 e. The lowest BCUT2D eigenvalue weighted by atomic mass is 10.0. The van der Waals surface area contributed by atoms with E-state index in [1.165, 1.54) is 23.3 Å². The van der Waals surface area contributed by atoms with E-state index < -0.39 is 0 Å². The number of hydrogen-bond donors (Lipinski definition) is 0. The summed E-state index contributed by atoms with van der Waals surface area (Å²) in [6.45, 7) is 12.5. The summed E-state index contributed by atoms with van der Waals surface area (Å²) in [7, 11) is 0. The summed E-state index contributed by atoms with van der Waals surface area (Å²) in [6.07, 6.45) is 2.45. The molecule has 0 aromatic heterocycles. The van der Waals surface area contributed by atoms with E-state index in [0.717, 1.165) is 23.0 Å². The molecular formula is C26H34O4S6. The Morgan fingerprint density at radius 1 is 0.889 bits per heavy atom. The molecule has 3 rings (SSSR count). The Labute approximate surface area is 241 Å². The monoisotopic (exact) mass is 602 g/mol. The first-order chi connectivity index (χ1) is 17.4. The number of carbonyl (C=O) groups is 2. The second-order valence-corrected chi connectivity index (χ2v) is 17.1. The van der Waals surface area contributed by atoms with E-state index in [1.54, 1.807) is 0 Å². The summed E-state index contributed by atoms with van der Waals surface area (Å²) in [4.78, 5) is 22.6. The van der Waals surface area contributed by atoms with Crippen LogP contribution in [0.3, 0.4) is 0 Å². The molecule has 2 saturated heterocycles. The summed E-state index contributed by atoms with van der Waals surface area (Å²) in [5, 5.41) is 1.57. The van der Waals surface area contributed by atoms with Crippen LogP contribution in [0, 0.1) is 0 Å². The van der Waals surface area contributed by atoms with Crippen LogP contribution >= 0.6 is 70.6 Å². The molecular weight excluding hydrogens is 569 g/mol. The van der Waals surface area contributed by atoms with Gasteiger partial charge in [0.2, 0.25) is 0 Å². The molecule has 0 spiro atoms. The molecule has 0 saturated carbocycles. The van der Waals surface area contributed by atoms with Gasteiger partial charge in [-0.3, -0.25) is 0 Å². The number of hydrogen-bond acceptors (Lipinski definition) is 10. The molecule has 4 nitrogen and oxygen atoms in total. The normalized spacial score (nSPS) is 25.2. The molecule has 6 atom stereocenters.